The third-order valence-electron chi connectivity index (χ3n) is 5.03. The summed E-state index contributed by atoms with van der Waals surface area (Å²) in [5.41, 5.74) is 2.49. The van der Waals surface area contributed by atoms with Gasteiger partial charge in [-0.3, -0.25) is 0 Å². The highest BCUT2D eigenvalue weighted by Gasteiger charge is 2.22. The lowest BCUT2D eigenvalue weighted by Crippen LogP contribution is -2.39. The molecule has 150 valence electrons. The van der Waals surface area contributed by atoms with Crippen LogP contribution in [0.1, 0.15) is 32.1 Å². The molecule has 1 N–H and O–H groups in total. The van der Waals surface area contributed by atoms with Gasteiger partial charge in [0.25, 0.3) is 0 Å². The highest BCUT2D eigenvalue weighted by molar-refractivity contribution is 6.36. The highest BCUT2D eigenvalue weighted by atomic mass is 35.5. The molecule has 0 radical (unpaired) electrons. The van der Waals surface area contributed by atoms with E-state index in [0.717, 1.165) is 36.0 Å². The number of carbonyl (C=O) groups excluding carboxylic acids is 1. The molecule has 1 saturated carbocycles. The summed E-state index contributed by atoms with van der Waals surface area (Å²) in [6.45, 7) is 0. The van der Waals surface area contributed by atoms with E-state index in [1.165, 1.54) is 6.42 Å². The number of amides is 1. The fourth-order valence-corrected chi connectivity index (χ4v) is 4.17. The summed E-state index contributed by atoms with van der Waals surface area (Å²) in [6, 6.07) is 12.2. The minimum atomic E-state index is -0.344. The predicted molar refractivity (Wildman–Crippen MR) is 117 cm³/mol. The molecule has 0 saturated heterocycles. The van der Waals surface area contributed by atoms with Crippen LogP contribution in [-0.2, 0) is 0 Å². The Labute approximate surface area is 184 Å². The fourth-order valence-electron chi connectivity index (χ4n) is 3.54. The van der Waals surface area contributed by atoms with Crippen LogP contribution in [0.2, 0.25) is 15.1 Å². The maximum absolute atomic E-state index is 12.8. The average Bonchev–Trinajstić information content (AvgIpc) is 3.14. The minimum absolute atomic E-state index is 0.156. The quantitative estimate of drug-likeness (QED) is 0.499. The number of hydrogen-bond acceptors (Lipinski definition) is 3. The molecule has 1 amide bonds. The lowest BCUT2D eigenvalue weighted by Gasteiger charge is -2.22. The number of hydrogen-bond donors (Lipinski definition) is 1. The summed E-state index contributed by atoms with van der Waals surface area (Å²) in [5, 5.41) is 13.6. The zero-order valence-corrected chi connectivity index (χ0v) is 17.8. The van der Waals surface area contributed by atoms with Crippen molar-refractivity contribution in [1.82, 2.24) is 20.3 Å². The minimum Gasteiger partial charge on any atom is -0.332 e. The number of carbonyl (C=O) groups is 1. The molecular formula is C21H19Cl3N4O. The zero-order valence-electron chi connectivity index (χ0n) is 15.5. The van der Waals surface area contributed by atoms with Gasteiger partial charge in [0.1, 0.15) is 11.4 Å². The summed E-state index contributed by atoms with van der Waals surface area (Å²) < 4.78 is 0. The van der Waals surface area contributed by atoms with E-state index in [1.54, 1.807) is 30.3 Å². The standard InChI is InChI=1S/C21H19Cl3N4O/c22-14-8-6-13(7-9-14)19-20(17-11-10-15(23)12-18(17)24)27-28(26-19)21(29)25-16-4-2-1-3-5-16/h6-12,16H,1-5H2,(H,25,29). The normalized spacial score (nSPS) is 14.7. The van der Waals surface area contributed by atoms with Gasteiger partial charge in [0.2, 0.25) is 0 Å². The summed E-state index contributed by atoms with van der Waals surface area (Å²) in [6.07, 6.45) is 5.42. The Morgan fingerprint density at radius 3 is 2.24 bits per heavy atom. The van der Waals surface area contributed by atoms with Gasteiger partial charge in [-0.05, 0) is 43.2 Å². The molecule has 1 heterocycles. The monoisotopic (exact) mass is 448 g/mol. The molecule has 0 spiro atoms. The van der Waals surface area contributed by atoms with Gasteiger partial charge in [-0.1, -0.05) is 71.0 Å². The number of nitrogens with one attached hydrogen (secondary N) is 1. The van der Waals surface area contributed by atoms with Crippen molar-refractivity contribution in [1.29, 1.82) is 0 Å². The molecule has 3 aromatic rings. The highest BCUT2D eigenvalue weighted by Crippen LogP contribution is 2.35. The SMILES string of the molecule is O=C(NC1CCCCC1)n1nc(-c2ccc(Cl)cc2)c(-c2ccc(Cl)cc2Cl)n1. The van der Waals surface area contributed by atoms with Gasteiger partial charge in [0.05, 0.1) is 5.02 Å². The van der Waals surface area contributed by atoms with Crippen LogP contribution in [0.5, 0.6) is 0 Å². The summed E-state index contributed by atoms with van der Waals surface area (Å²) in [7, 11) is 0. The molecule has 4 rings (SSSR count). The number of benzene rings is 2. The number of halogens is 3. The third kappa shape index (κ3) is 4.58. The molecule has 1 aromatic heterocycles. The third-order valence-corrected chi connectivity index (χ3v) is 5.83. The van der Waals surface area contributed by atoms with Crippen molar-refractivity contribution in [2.24, 2.45) is 0 Å². The number of aromatic nitrogens is 3. The Kier molecular flexibility index (Phi) is 6.09. The van der Waals surface area contributed by atoms with Crippen LogP contribution in [0.4, 0.5) is 4.79 Å². The lowest BCUT2D eigenvalue weighted by atomic mass is 9.96. The van der Waals surface area contributed by atoms with E-state index in [4.69, 9.17) is 34.8 Å². The van der Waals surface area contributed by atoms with Crippen molar-refractivity contribution in [3.8, 4) is 22.5 Å². The lowest BCUT2D eigenvalue weighted by molar-refractivity contribution is 0.228. The first-order chi connectivity index (χ1) is 14.0. The van der Waals surface area contributed by atoms with Crippen LogP contribution in [-0.4, -0.2) is 27.1 Å². The van der Waals surface area contributed by atoms with Gasteiger partial charge in [0.15, 0.2) is 0 Å². The molecule has 1 fully saturated rings. The van der Waals surface area contributed by atoms with Crippen molar-refractivity contribution in [3.05, 3.63) is 57.5 Å². The smallest absolute Gasteiger partial charge is 0.332 e. The van der Waals surface area contributed by atoms with E-state index < -0.39 is 0 Å². The van der Waals surface area contributed by atoms with E-state index in [-0.39, 0.29) is 12.1 Å². The average molecular weight is 450 g/mol. The maximum Gasteiger partial charge on any atom is 0.359 e. The molecule has 5 nitrogen and oxygen atoms in total. The summed E-state index contributed by atoms with van der Waals surface area (Å²) in [4.78, 5) is 13.9. The van der Waals surface area contributed by atoms with Crippen LogP contribution in [0.15, 0.2) is 42.5 Å². The van der Waals surface area contributed by atoms with Crippen LogP contribution in [0, 0.1) is 0 Å². The van der Waals surface area contributed by atoms with Crippen molar-refractivity contribution >= 4 is 40.8 Å². The topological polar surface area (TPSA) is 59.8 Å². The zero-order chi connectivity index (χ0) is 20.4. The van der Waals surface area contributed by atoms with Crippen molar-refractivity contribution in [2.45, 2.75) is 38.1 Å². The van der Waals surface area contributed by atoms with E-state index in [2.05, 4.69) is 15.5 Å². The first-order valence-corrected chi connectivity index (χ1v) is 10.6. The first-order valence-electron chi connectivity index (χ1n) is 9.51. The van der Waals surface area contributed by atoms with E-state index in [1.807, 2.05) is 12.1 Å². The molecule has 1 aliphatic rings. The van der Waals surface area contributed by atoms with Crippen LogP contribution in [0.3, 0.4) is 0 Å². The second kappa shape index (κ2) is 8.74. The molecule has 0 unspecified atom stereocenters. The second-order valence-corrected chi connectivity index (χ2v) is 8.38. The first kappa shape index (κ1) is 20.2. The predicted octanol–water partition coefficient (Wildman–Crippen LogP) is 6.46. The van der Waals surface area contributed by atoms with Crippen molar-refractivity contribution < 1.29 is 4.79 Å². The Balaban J connectivity index is 1.73. The van der Waals surface area contributed by atoms with E-state index in [9.17, 15) is 4.79 Å². The summed E-state index contributed by atoms with van der Waals surface area (Å²) in [5.74, 6) is 0. The van der Waals surface area contributed by atoms with Gasteiger partial charge in [-0.15, -0.1) is 10.2 Å². The van der Waals surface area contributed by atoms with Crippen LogP contribution < -0.4 is 5.32 Å². The molecule has 1 aliphatic carbocycles. The van der Waals surface area contributed by atoms with E-state index in [0.29, 0.717) is 32.0 Å². The van der Waals surface area contributed by atoms with Crippen molar-refractivity contribution in [3.63, 3.8) is 0 Å². The van der Waals surface area contributed by atoms with E-state index >= 15 is 0 Å². The van der Waals surface area contributed by atoms with Gasteiger partial charge >= 0.3 is 6.03 Å². The molecular weight excluding hydrogens is 431 g/mol. The number of nitrogens with zero attached hydrogens (tertiary/aromatic N) is 3. The fraction of sp³-hybridized carbons (Fsp3) is 0.286. The molecule has 0 aliphatic heterocycles. The molecule has 2 aromatic carbocycles. The summed E-state index contributed by atoms with van der Waals surface area (Å²) >= 11 is 18.5. The van der Waals surface area contributed by atoms with Gasteiger partial charge in [-0.25, -0.2) is 4.79 Å². The Morgan fingerprint density at radius 2 is 1.55 bits per heavy atom. The number of rotatable bonds is 3. The molecule has 0 bridgehead atoms. The molecule has 8 heteroatoms. The van der Waals surface area contributed by atoms with Gasteiger partial charge < -0.3 is 5.32 Å². The molecule has 29 heavy (non-hydrogen) atoms. The van der Waals surface area contributed by atoms with Gasteiger partial charge in [-0.2, -0.15) is 0 Å². The Bertz CT molecular complexity index is 1030. The Hall–Kier alpha value is -2.08. The molecule has 0 atom stereocenters. The largest absolute Gasteiger partial charge is 0.359 e. The van der Waals surface area contributed by atoms with Gasteiger partial charge in [0, 0.05) is 27.2 Å². The Morgan fingerprint density at radius 1 is 0.897 bits per heavy atom. The van der Waals surface area contributed by atoms with Crippen LogP contribution >= 0.6 is 34.8 Å². The van der Waals surface area contributed by atoms with Crippen molar-refractivity contribution in [2.75, 3.05) is 0 Å². The van der Waals surface area contributed by atoms with Crippen LogP contribution in [0.25, 0.3) is 22.5 Å². The second-order valence-electron chi connectivity index (χ2n) is 7.10. The maximum atomic E-state index is 12.8.